The van der Waals surface area contributed by atoms with Gasteiger partial charge in [-0.3, -0.25) is 9.69 Å². The predicted molar refractivity (Wildman–Crippen MR) is 84.1 cm³/mol. The standard InChI is InChI=1S/C16H22BrNO2/c1-11-8-9-18(10-15(11)20-3)12(2)16(19)13-4-6-14(17)7-5-13/h4-7,11-12,15H,8-10H2,1-3H3. The summed E-state index contributed by atoms with van der Waals surface area (Å²) in [6.45, 7) is 6.01. The Morgan fingerprint density at radius 3 is 2.65 bits per heavy atom. The average molecular weight is 340 g/mol. The van der Waals surface area contributed by atoms with Crippen molar-refractivity contribution in [3.63, 3.8) is 0 Å². The summed E-state index contributed by atoms with van der Waals surface area (Å²) in [4.78, 5) is 14.8. The molecule has 0 saturated carbocycles. The largest absolute Gasteiger partial charge is 0.380 e. The molecule has 0 spiro atoms. The van der Waals surface area contributed by atoms with E-state index in [0.717, 1.165) is 29.5 Å². The number of Topliss-reactive ketones (excluding diaryl/α,β-unsaturated/α-hetero) is 1. The molecule has 1 fully saturated rings. The van der Waals surface area contributed by atoms with Crippen LogP contribution in [0.1, 0.15) is 30.6 Å². The van der Waals surface area contributed by atoms with Crippen LogP contribution in [0.2, 0.25) is 0 Å². The monoisotopic (exact) mass is 339 g/mol. The topological polar surface area (TPSA) is 29.5 Å². The minimum Gasteiger partial charge on any atom is -0.380 e. The molecule has 0 aromatic heterocycles. The first-order valence-electron chi connectivity index (χ1n) is 7.09. The van der Waals surface area contributed by atoms with Crippen LogP contribution >= 0.6 is 15.9 Å². The number of ether oxygens (including phenoxy) is 1. The van der Waals surface area contributed by atoms with Gasteiger partial charge in [-0.05, 0) is 37.9 Å². The van der Waals surface area contributed by atoms with E-state index in [9.17, 15) is 4.79 Å². The molecule has 110 valence electrons. The summed E-state index contributed by atoms with van der Waals surface area (Å²) < 4.78 is 6.52. The van der Waals surface area contributed by atoms with Crippen molar-refractivity contribution in [2.45, 2.75) is 32.4 Å². The Balaban J connectivity index is 2.05. The number of benzene rings is 1. The summed E-state index contributed by atoms with van der Waals surface area (Å²) in [7, 11) is 1.76. The first-order valence-corrected chi connectivity index (χ1v) is 7.89. The molecule has 2 rings (SSSR count). The average Bonchev–Trinajstić information content (AvgIpc) is 2.47. The van der Waals surface area contributed by atoms with Crippen molar-refractivity contribution in [3.8, 4) is 0 Å². The second-order valence-corrected chi connectivity index (χ2v) is 6.50. The lowest BCUT2D eigenvalue weighted by Gasteiger charge is -2.38. The van der Waals surface area contributed by atoms with Crippen molar-refractivity contribution >= 4 is 21.7 Å². The number of piperidine rings is 1. The molecule has 0 radical (unpaired) electrons. The van der Waals surface area contributed by atoms with E-state index in [1.165, 1.54) is 0 Å². The van der Waals surface area contributed by atoms with Crippen molar-refractivity contribution in [2.75, 3.05) is 20.2 Å². The van der Waals surface area contributed by atoms with Gasteiger partial charge in [-0.1, -0.05) is 35.0 Å². The van der Waals surface area contributed by atoms with Crippen LogP contribution in [-0.2, 0) is 4.74 Å². The number of halogens is 1. The van der Waals surface area contributed by atoms with Gasteiger partial charge in [0.2, 0.25) is 0 Å². The molecule has 3 atom stereocenters. The zero-order valence-corrected chi connectivity index (χ0v) is 13.9. The van der Waals surface area contributed by atoms with E-state index in [1.807, 2.05) is 31.2 Å². The lowest BCUT2D eigenvalue weighted by Crippen LogP contribution is -2.50. The molecule has 1 aliphatic heterocycles. The summed E-state index contributed by atoms with van der Waals surface area (Å²) >= 11 is 3.39. The fourth-order valence-electron chi connectivity index (χ4n) is 2.74. The first-order chi connectivity index (χ1) is 9.52. The molecule has 0 bridgehead atoms. The van der Waals surface area contributed by atoms with Gasteiger partial charge in [0, 0.05) is 23.7 Å². The summed E-state index contributed by atoms with van der Waals surface area (Å²) in [5, 5.41) is 0. The fraction of sp³-hybridized carbons (Fsp3) is 0.562. The predicted octanol–water partition coefficient (Wildman–Crippen LogP) is 3.38. The van der Waals surface area contributed by atoms with Gasteiger partial charge >= 0.3 is 0 Å². The van der Waals surface area contributed by atoms with E-state index < -0.39 is 0 Å². The molecule has 1 aromatic rings. The maximum Gasteiger partial charge on any atom is 0.179 e. The summed E-state index contributed by atoms with van der Waals surface area (Å²) in [5.41, 5.74) is 0.772. The minimum atomic E-state index is -0.0960. The van der Waals surface area contributed by atoms with Crippen LogP contribution < -0.4 is 0 Å². The zero-order chi connectivity index (χ0) is 14.7. The molecule has 4 heteroatoms. The molecule has 1 aromatic carbocycles. The van der Waals surface area contributed by atoms with Crippen molar-refractivity contribution in [3.05, 3.63) is 34.3 Å². The lowest BCUT2D eigenvalue weighted by molar-refractivity contribution is -0.0139. The van der Waals surface area contributed by atoms with Crippen LogP contribution in [0.15, 0.2) is 28.7 Å². The number of carbonyl (C=O) groups is 1. The Labute approximate surface area is 129 Å². The van der Waals surface area contributed by atoms with Crippen LogP contribution in [0.4, 0.5) is 0 Å². The van der Waals surface area contributed by atoms with Crippen LogP contribution in [0, 0.1) is 5.92 Å². The molecule has 3 nitrogen and oxygen atoms in total. The van der Waals surface area contributed by atoms with E-state index >= 15 is 0 Å². The number of methoxy groups -OCH3 is 1. The van der Waals surface area contributed by atoms with Gasteiger partial charge < -0.3 is 4.74 Å². The molecule has 0 amide bonds. The van der Waals surface area contributed by atoms with E-state index in [2.05, 4.69) is 27.8 Å². The van der Waals surface area contributed by atoms with Crippen LogP contribution in [0.25, 0.3) is 0 Å². The fourth-order valence-corrected chi connectivity index (χ4v) is 3.00. The molecule has 3 unspecified atom stereocenters. The van der Waals surface area contributed by atoms with Gasteiger partial charge in [0.15, 0.2) is 5.78 Å². The SMILES string of the molecule is COC1CN(C(C)C(=O)c2ccc(Br)cc2)CCC1C. The van der Waals surface area contributed by atoms with E-state index in [4.69, 9.17) is 4.74 Å². The van der Waals surface area contributed by atoms with E-state index in [0.29, 0.717) is 5.92 Å². The zero-order valence-electron chi connectivity index (χ0n) is 12.3. The maximum absolute atomic E-state index is 12.5. The summed E-state index contributed by atoms with van der Waals surface area (Å²) in [5.74, 6) is 0.744. The first kappa shape index (κ1) is 15.7. The quantitative estimate of drug-likeness (QED) is 0.787. The second-order valence-electron chi connectivity index (χ2n) is 5.58. The highest BCUT2D eigenvalue weighted by Crippen LogP contribution is 2.22. The number of hydrogen-bond acceptors (Lipinski definition) is 3. The summed E-state index contributed by atoms with van der Waals surface area (Å²) in [6.07, 6.45) is 1.31. The van der Waals surface area contributed by atoms with E-state index in [1.54, 1.807) is 7.11 Å². The Morgan fingerprint density at radius 2 is 2.05 bits per heavy atom. The molecule has 1 heterocycles. The number of likely N-dealkylation sites (tertiary alicyclic amines) is 1. The molecule has 0 aliphatic carbocycles. The van der Waals surface area contributed by atoms with Crippen LogP contribution in [-0.4, -0.2) is 43.0 Å². The maximum atomic E-state index is 12.5. The second kappa shape index (κ2) is 6.83. The highest BCUT2D eigenvalue weighted by atomic mass is 79.9. The highest BCUT2D eigenvalue weighted by molar-refractivity contribution is 9.10. The van der Waals surface area contributed by atoms with Gasteiger partial charge in [0.1, 0.15) is 0 Å². The smallest absolute Gasteiger partial charge is 0.179 e. The Kier molecular flexibility index (Phi) is 5.35. The van der Waals surface area contributed by atoms with Gasteiger partial charge in [0.05, 0.1) is 12.1 Å². The number of ketones is 1. The normalized spacial score (nSPS) is 25.4. The summed E-state index contributed by atoms with van der Waals surface area (Å²) in [6, 6.07) is 7.49. The van der Waals surface area contributed by atoms with Crippen molar-refractivity contribution in [2.24, 2.45) is 5.92 Å². The van der Waals surface area contributed by atoms with Gasteiger partial charge in [-0.15, -0.1) is 0 Å². The van der Waals surface area contributed by atoms with Crippen molar-refractivity contribution in [1.29, 1.82) is 0 Å². The Bertz CT molecular complexity index is 460. The third-order valence-electron chi connectivity index (χ3n) is 4.28. The Hall–Kier alpha value is -0.710. The number of hydrogen-bond donors (Lipinski definition) is 0. The lowest BCUT2D eigenvalue weighted by atomic mass is 9.93. The Morgan fingerprint density at radius 1 is 1.40 bits per heavy atom. The van der Waals surface area contributed by atoms with Crippen molar-refractivity contribution < 1.29 is 9.53 Å². The number of rotatable bonds is 4. The third-order valence-corrected chi connectivity index (χ3v) is 4.81. The van der Waals surface area contributed by atoms with Crippen LogP contribution in [0.5, 0.6) is 0 Å². The molecule has 20 heavy (non-hydrogen) atoms. The molecule has 0 N–H and O–H groups in total. The molecule has 1 saturated heterocycles. The van der Waals surface area contributed by atoms with Gasteiger partial charge in [-0.2, -0.15) is 0 Å². The third kappa shape index (κ3) is 3.48. The van der Waals surface area contributed by atoms with Crippen LogP contribution in [0.3, 0.4) is 0 Å². The van der Waals surface area contributed by atoms with Gasteiger partial charge in [0.25, 0.3) is 0 Å². The van der Waals surface area contributed by atoms with E-state index in [-0.39, 0.29) is 17.9 Å². The minimum absolute atomic E-state index is 0.0960. The number of nitrogens with zero attached hydrogens (tertiary/aromatic N) is 1. The molecular formula is C16H22BrNO2. The van der Waals surface area contributed by atoms with Gasteiger partial charge in [-0.25, -0.2) is 0 Å². The van der Waals surface area contributed by atoms with Crippen molar-refractivity contribution in [1.82, 2.24) is 4.90 Å². The number of carbonyl (C=O) groups excluding carboxylic acids is 1. The molecule has 1 aliphatic rings. The molecular weight excluding hydrogens is 318 g/mol. The highest BCUT2D eigenvalue weighted by Gasteiger charge is 2.31.